The van der Waals surface area contributed by atoms with E-state index in [1.54, 1.807) is 18.1 Å². The van der Waals surface area contributed by atoms with Crippen molar-refractivity contribution in [3.05, 3.63) is 28.9 Å². The molecule has 1 aromatic rings. The van der Waals surface area contributed by atoms with Crippen LogP contribution in [0.3, 0.4) is 0 Å². The standard InChI is InChI=1S/C16H21ClN2O3/c1-16(2,3)22-15(20)19-9-7-11(8-10-19)12-5-6-13(21-4)18-14(12)17/h5-7H,8-10H2,1-4H3. The molecule has 0 radical (unpaired) electrons. The largest absolute Gasteiger partial charge is 0.481 e. The van der Waals surface area contributed by atoms with Crippen LogP contribution >= 0.6 is 11.6 Å². The summed E-state index contributed by atoms with van der Waals surface area (Å²) in [6.07, 6.45) is 2.41. The zero-order valence-electron chi connectivity index (χ0n) is 13.4. The van der Waals surface area contributed by atoms with Gasteiger partial charge in [-0.05, 0) is 38.8 Å². The van der Waals surface area contributed by atoms with Crippen molar-refractivity contribution in [3.8, 4) is 5.88 Å². The Balaban J connectivity index is 2.07. The van der Waals surface area contributed by atoms with E-state index < -0.39 is 5.60 Å². The molecule has 0 spiro atoms. The molecule has 0 atom stereocenters. The predicted octanol–water partition coefficient (Wildman–Crippen LogP) is 3.77. The van der Waals surface area contributed by atoms with Gasteiger partial charge in [-0.2, -0.15) is 0 Å². The summed E-state index contributed by atoms with van der Waals surface area (Å²) in [4.78, 5) is 17.9. The van der Waals surface area contributed by atoms with Gasteiger partial charge in [0.05, 0.1) is 7.11 Å². The number of nitrogens with zero attached hydrogens (tertiary/aromatic N) is 2. The average Bonchev–Trinajstić information content (AvgIpc) is 2.45. The van der Waals surface area contributed by atoms with Crippen LogP contribution in [0.4, 0.5) is 4.79 Å². The first-order chi connectivity index (χ1) is 10.3. The number of ether oxygens (including phenoxy) is 2. The van der Waals surface area contributed by atoms with Crippen molar-refractivity contribution in [1.82, 2.24) is 9.88 Å². The van der Waals surface area contributed by atoms with Crippen LogP contribution in [-0.2, 0) is 4.74 Å². The number of hydrogen-bond acceptors (Lipinski definition) is 4. The summed E-state index contributed by atoms with van der Waals surface area (Å²) in [6, 6.07) is 3.67. The summed E-state index contributed by atoms with van der Waals surface area (Å²) in [5.74, 6) is 0.487. The SMILES string of the molecule is COc1ccc(C2=CCN(C(=O)OC(C)(C)C)CC2)c(Cl)n1. The lowest BCUT2D eigenvalue weighted by molar-refractivity contribution is 0.0270. The number of carbonyl (C=O) groups excluding carboxylic acids is 1. The minimum absolute atomic E-state index is 0.290. The van der Waals surface area contributed by atoms with Crippen LogP contribution in [0.25, 0.3) is 5.57 Å². The van der Waals surface area contributed by atoms with Crippen LogP contribution in [0.2, 0.25) is 5.15 Å². The number of methoxy groups -OCH3 is 1. The van der Waals surface area contributed by atoms with Gasteiger partial charge in [-0.1, -0.05) is 17.7 Å². The summed E-state index contributed by atoms with van der Waals surface area (Å²) >= 11 is 6.19. The van der Waals surface area contributed by atoms with Gasteiger partial charge in [-0.15, -0.1) is 0 Å². The van der Waals surface area contributed by atoms with Crippen LogP contribution in [0.15, 0.2) is 18.2 Å². The molecule has 6 heteroatoms. The number of pyridine rings is 1. The van der Waals surface area contributed by atoms with Gasteiger partial charge >= 0.3 is 6.09 Å². The molecule has 0 aliphatic carbocycles. The molecule has 5 nitrogen and oxygen atoms in total. The maximum absolute atomic E-state index is 12.0. The van der Waals surface area contributed by atoms with Crippen molar-refractivity contribution in [2.45, 2.75) is 32.8 Å². The van der Waals surface area contributed by atoms with Crippen LogP contribution in [0.1, 0.15) is 32.8 Å². The van der Waals surface area contributed by atoms with Crippen molar-refractivity contribution in [2.24, 2.45) is 0 Å². The molecule has 0 saturated carbocycles. The van der Waals surface area contributed by atoms with E-state index in [9.17, 15) is 4.79 Å². The summed E-state index contributed by atoms with van der Waals surface area (Å²) in [5, 5.41) is 0.413. The second-order valence-corrected chi connectivity index (χ2v) is 6.46. The second-order valence-electron chi connectivity index (χ2n) is 6.10. The van der Waals surface area contributed by atoms with Crippen LogP contribution in [0.5, 0.6) is 5.88 Å². The second kappa shape index (κ2) is 6.57. The summed E-state index contributed by atoms with van der Waals surface area (Å²) in [6.45, 7) is 6.69. The van der Waals surface area contributed by atoms with Crippen molar-refractivity contribution < 1.29 is 14.3 Å². The highest BCUT2D eigenvalue weighted by Gasteiger charge is 2.24. The van der Waals surface area contributed by atoms with E-state index in [0.29, 0.717) is 30.5 Å². The summed E-state index contributed by atoms with van der Waals surface area (Å²) < 4.78 is 10.4. The molecule has 1 amide bonds. The molecule has 0 unspecified atom stereocenters. The molecule has 1 aromatic heterocycles. The molecule has 2 heterocycles. The van der Waals surface area contributed by atoms with Gasteiger partial charge in [-0.25, -0.2) is 9.78 Å². The van der Waals surface area contributed by atoms with Gasteiger partial charge in [0, 0.05) is 24.7 Å². The molecule has 0 bridgehead atoms. The zero-order chi connectivity index (χ0) is 16.3. The lowest BCUT2D eigenvalue weighted by atomic mass is 10.0. The van der Waals surface area contributed by atoms with E-state index in [-0.39, 0.29) is 6.09 Å². The molecule has 1 aliphatic heterocycles. The smallest absolute Gasteiger partial charge is 0.410 e. The topological polar surface area (TPSA) is 51.7 Å². The van der Waals surface area contributed by atoms with E-state index in [1.165, 1.54) is 0 Å². The maximum atomic E-state index is 12.0. The maximum Gasteiger partial charge on any atom is 0.410 e. The van der Waals surface area contributed by atoms with E-state index in [1.807, 2.05) is 32.9 Å². The van der Waals surface area contributed by atoms with Crippen molar-refractivity contribution >= 4 is 23.3 Å². The molecule has 2 rings (SSSR count). The van der Waals surface area contributed by atoms with E-state index in [4.69, 9.17) is 21.1 Å². The van der Waals surface area contributed by atoms with Gasteiger partial charge < -0.3 is 14.4 Å². The molecule has 0 aromatic carbocycles. The highest BCUT2D eigenvalue weighted by atomic mass is 35.5. The first-order valence-electron chi connectivity index (χ1n) is 7.18. The van der Waals surface area contributed by atoms with Crippen molar-refractivity contribution in [3.63, 3.8) is 0 Å². The molecule has 120 valence electrons. The zero-order valence-corrected chi connectivity index (χ0v) is 14.1. The Hall–Kier alpha value is -1.75. The third-order valence-electron chi connectivity index (χ3n) is 3.24. The number of amides is 1. The van der Waals surface area contributed by atoms with E-state index in [2.05, 4.69) is 4.98 Å². The third kappa shape index (κ3) is 4.13. The number of rotatable bonds is 2. The number of aromatic nitrogens is 1. The fourth-order valence-corrected chi connectivity index (χ4v) is 2.44. The molecule has 0 saturated heterocycles. The Morgan fingerprint density at radius 2 is 2.09 bits per heavy atom. The van der Waals surface area contributed by atoms with E-state index in [0.717, 1.165) is 11.1 Å². The fraction of sp³-hybridized carbons (Fsp3) is 0.500. The minimum Gasteiger partial charge on any atom is -0.481 e. The Morgan fingerprint density at radius 3 is 2.59 bits per heavy atom. The molecule has 1 aliphatic rings. The van der Waals surface area contributed by atoms with Crippen LogP contribution in [-0.4, -0.2) is 41.8 Å². The molecule has 22 heavy (non-hydrogen) atoms. The fourth-order valence-electron chi connectivity index (χ4n) is 2.18. The molecular formula is C16H21ClN2O3. The van der Waals surface area contributed by atoms with E-state index >= 15 is 0 Å². The first-order valence-corrected chi connectivity index (χ1v) is 7.56. The van der Waals surface area contributed by atoms with Gasteiger partial charge in [0.15, 0.2) is 0 Å². The monoisotopic (exact) mass is 324 g/mol. The number of hydrogen-bond donors (Lipinski definition) is 0. The van der Waals surface area contributed by atoms with Crippen molar-refractivity contribution in [1.29, 1.82) is 0 Å². The number of halogens is 1. The van der Waals surface area contributed by atoms with Crippen molar-refractivity contribution in [2.75, 3.05) is 20.2 Å². The Bertz CT molecular complexity index is 594. The molecule has 0 fully saturated rings. The lowest BCUT2D eigenvalue weighted by Gasteiger charge is -2.29. The Morgan fingerprint density at radius 1 is 1.36 bits per heavy atom. The highest BCUT2D eigenvalue weighted by molar-refractivity contribution is 6.31. The third-order valence-corrected chi connectivity index (χ3v) is 3.53. The van der Waals surface area contributed by atoms with Crippen LogP contribution in [0, 0.1) is 0 Å². The minimum atomic E-state index is -0.482. The summed E-state index contributed by atoms with van der Waals surface area (Å²) in [7, 11) is 1.55. The summed E-state index contributed by atoms with van der Waals surface area (Å²) in [5.41, 5.74) is 1.48. The molecule has 0 N–H and O–H groups in total. The average molecular weight is 325 g/mol. The predicted molar refractivity (Wildman–Crippen MR) is 86.2 cm³/mol. The first kappa shape index (κ1) is 16.6. The van der Waals surface area contributed by atoms with Gasteiger partial charge in [0.2, 0.25) is 5.88 Å². The van der Waals surface area contributed by atoms with Gasteiger partial charge in [-0.3, -0.25) is 0 Å². The van der Waals surface area contributed by atoms with Gasteiger partial charge in [0.1, 0.15) is 10.8 Å². The highest BCUT2D eigenvalue weighted by Crippen LogP contribution is 2.29. The quantitative estimate of drug-likeness (QED) is 0.777. The Kier molecular flexibility index (Phi) is 4.96. The van der Waals surface area contributed by atoms with Gasteiger partial charge in [0.25, 0.3) is 0 Å². The molecular weight excluding hydrogens is 304 g/mol. The Labute approximate surface area is 135 Å². The van der Waals surface area contributed by atoms with Crippen LogP contribution < -0.4 is 4.74 Å². The normalized spacial score (nSPS) is 15.3. The lowest BCUT2D eigenvalue weighted by Crippen LogP contribution is -2.39. The number of carbonyl (C=O) groups is 1.